The molecule has 4 nitrogen and oxygen atoms in total. The van der Waals surface area contributed by atoms with Crippen molar-refractivity contribution in [3.05, 3.63) is 52.2 Å². The van der Waals surface area contributed by atoms with Crippen molar-refractivity contribution in [3.63, 3.8) is 0 Å². The van der Waals surface area contributed by atoms with Gasteiger partial charge in [0.1, 0.15) is 4.64 Å². The van der Waals surface area contributed by atoms with E-state index < -0.39 is 11.7 Å². The number of anilines is 1. The van der Waals surface area contributed by atoms with Gasteiger partial charge < -0.3 is 0 Å². The Kier molecular flexibility index (Phi) is 4.14. The Morgan fingerprint density at radius 1 is 1.20 bits per heavy atom. The third kappa shape index (κ3) is 3.64. The molecular weight excluding hydrogens is 289 g/mol. The number of hydrogen-bond acceptors (Lipinski definition) is 4. The first-order valence-electron chi connectivity index (χ1n) is 5.48. The molecule has 0 unspecified atom stereocenters. The van der Waals surface area contributed by atoms with Crippen molar-refractivity contribution in [1.29, 1.82) is 0 Å². The Morgan fingerprint density at radius 3 is 2.60 bits per heavy atom. The second-order valence-corrected chi connectivity index (χ2v) is 4.20. The van der Waals surface area contributed by atoms with Crippen LogP contribution in [0.25, 0.3) is 0 Å². The Morgan fingerprint density at radius 2 is 1.95 bits per heavy atom. The number of aromatic amines is 1. The molecule has 8 heteroatoms. The van der Waals surface area contributed by atoms with Crippen LogP contribution >= 0.6 is 12.2 Å². The van der Waals surface area contributed by atoms with Gasteiger partial charge in [0.2, 0.25) is 0 Å². The lowest BCUT2D eigenvalue weighted by Gasteiger charge is -2.09. The Bertz CT molecular complexity index is 658. The zero-order valence-electron chi connectivity index (χ0n) is 9.98. The zero-order valence-corrected chi connectivity index (χ0v) is 10.8. The van der Waals surface area contributed by atoms with Crippen LogP contribution in [-0.4, -0.2) is 16.4 Å². The minimum atomic E-state index is -4.42. The summed E-state index contributed by atoms with van der Waals surface area (Å²) in [6, 6.07) is 8.32. The second kappa shape index (κ2) is 5.83. The smallest absolute Gasteiger partial charge is 0.266 e. The van der Waals surface area contributed by atoms with Crippen LogP contribution in [-0.2, 0) is 6.18 Å². The summed E-state index contributed by atoms with van der Waals surface area (Å²) in [7, 11) is 0. The topological polar surface area (TPSA) is 53.1 Å². The van der Waals surface area contributed by atoms with Crippen molar-refractivity contribution < 1.29 is 13.2 Å². The van der Waals surface area contributed by atoms with Crippen LogP contribution < -0.4 is 5.43 Å². The number of H-pyrrole nitrogens is 1. The fraction of sp³-hybridized carbons (Fsp3) is 0.0833. The summed E-state index contributed by atoms with van der Waals surface area (Å²) < 4.78 is 38.6. The molecule has 2 aromatic rings. The minimum Gasteiger partial charge on any atom is -0.266 e. The summed E-state index contributed by atoms with van der Waals surface area (Å²) in [6.45, 7) is 0. The van der Waals surface area contributed by atoms with E-state index in [-0.39, 0.29) is 5.56 Å². The molecule has 2 rings (SSSR count). The van der Waals surface area contributed by atoms with E-state index in [1.165, 1.54) is 18.2 Å². The molecule has 1 heterocycles. The van der Waals surface area contributed by atoms with Gasteiger partial charge in [0.05, 0.1) is 11.8 Å². The number of nitrogens with zero attached hydrogens (tertiary/aromatic N) is 2. The first-order chi connectivity index (χ1) is 9.47. The first-order valence-corrected chi connectivity index (χ1v) is 5.89. The van der Waals surface area contributed by atoms with Crippen molar-refractivity contribution in [2.24, 2.45) is 5.10 Å². The van der Waals surface area contributed by atoms with E-state index in [0.717, 1.165) is 12.3 Å². The predicted octanol–water partition coefficient (Wildman–Crippen LogP) is 3.60. The summed E-state index contributed by atoms with van der Waals surface area (Å²) in [5, 5.41) is 10.1. The monoisotopic (exact) mass is 298 g/mol. The van der Waals surface area contributed by atoms with Crippen LogP contribution in [0.1, 0.15) is 11.1 Å². The number of hydrogen-bond donors (Lipinski definition) is 2. The quantitative estimate of drug-likeness (QED) is 0.517. The van der Waals surface area contributed by atoms with E-state index in [2.05, 4.69) is 20.7 Å². The fourth-order valence-electron chi connectivity index (χ4n) is 1.44. The Balaban J connectivity index is 2.16. The van der Waals surface area contributed by atoms with E-state index in [9.17, 15) is 13.2 Å². The molecule has 0 atom stereocenters. The molecule has 0 saturated heterocycles. The Labute approximate surface area is 117 Å². The molecule has 0 bridgehead atoms. The highest BCUT2D eigenvalue weighted by Gasteiger charge is 2.32. The minimum absolute atomic E-state index is 0.0311. The molecule has 1 aromatic carbocycles. The van der Waals surface area contributed by atoms with Gasteiger partial charge in [0.15, 0.2) is 5.82 Å². The molecule has 0 fully saturated rings. The number of rotatable bonds is 3. The standard InChI is InChI=1S/C12H9F3N4S/c13-12(14,15)9-4-2-1-3-8(9)7-16-17-10-5-6-11(20)19-18-10/h1-7H,(H,17,18)(H,19,20)/b16-7-. The molecule has 0 amide bonds. The largest absolute Gasteiger partial charge is 0.417 e. The van der Waals surface area contributed by atoms with Crippen molar-refractivity contribution in [2.75, 3.05) is 5.43 Å². The highest BCUT2D eigenvalue weighted by Crippen LogP contribution is 2.31. The van der Waals surface area contributed by atoms with Gasteiger partial charge in [-0.2, -0.15) is 23.4 Å². The molecule has 20 heavy (non-hydrogen) atoms. The number of aromatic nitrogens is 2. The summed E-state index contributed by atoms with van der Waals surface area (Å²) in [5.41, 5.74) is 1.74. The molecule has 1 aromatic heterocycles. The van der Waals surface area contributed by atoms with Gasteiger partial charge in [0.25, 0.3) is 0 Å². The fourth-order valence-corrected chi connectivity index (χ4v) is 1.56. The lowest BCUT2D eigenvalue weighted by atomic mass is 10.1. The number of benzene rings is 1. The van der Waals surface area contributed by atoms with Crippen LogP contribution in [0.3, 0.4) is 0 Å². The maximum absolute atomic E-state index is 12.7. The SMILES string of the molecule is FC(F)(F)c1ccccc1/C=N\Nc1ccc(=S)[nH]n1. The molecule has 0 aliphatic heterocycles. The van der Waals surface area contributed by atoms with Gasteiger partial charge in [-0.25, -0.2) is 0 Å². The molecule has 0 aliphatic carbocycles. The van der Waals surface area contributed by atoms with Crippen LogP contribution in [0, 0.1) is 4.64 Å². The van der Waals surface area contributed by atoms with E-state index in [1.54, 1.807) is 12.1 Å². The van der Waals surface area contributed by atoms with E-state index in [1.807, 2.05) is 0 Å². The lowest BCUT2D eigenvalue weighted by Crippen LogP contribution is -2.09. The molecule has 0 spiro atoms. The van der Waals surface area contributed by atoms with Crippen molar-refractivity contribution in [3.8, 4) is 0 Å². The van der Waals surface area contributed by atoms with Gasteiger partial charge >= 0.3 is 6.18 Å². The lowest BCUT2D eigenvalue weighted by molar-refractivity contribution is -0.137. The number of alkyl halides is 3. The maximum Gasteiger partial charge on any atom is 0.417 e. The summed E-state index contributed by atoms with van der Waals surface area (Å²) >= 11 is 4.81. The molecule has 0 saturated carbocycles. The van der Waals surface area contributed by atoms with Crippen molar-refractivity contribution in [1.82, 2.24) is 10.2 Å². The molecule has 104 valence electrons. The predicted molar refractivity (Wildman–Crippen MR) is 72.1 cm³/mol. The summed E-state index contributed by atoms with van der Waals surface area (Å²) in [4.78, 5) is 0. The van der Waals surface area contributed by atoms with E-state index in [0.29, 0.717) is 10.5 Å². The first kappa shape index (κ1) is 14.2. The van der Waals surface area contributed by atoms with Gasteiger partial charge in [-0.05, 0) is 18.2 Å². The van der Waals surface area contributed by atoms with Gasteiger partial charge in [0, 0.05) is 5.56 Å². The van der Waals surface area contributed by atoms with Crippen molar-refractivity contribution >= 4 is 24.3 Å². The third-order valence-corrected chi connectivity index (χ3v) is 2.56. The van der Waals surface area contributed by atoms with Crippen molar-refractivity contribution in [2.45, 2.75) is 6.18 Å². The number of nitrogens with one attached hydrogen (secondary N) is 2. The van der Waals surface area contributed by atoms with Crippen LogP contribution in [0.15, 0.2) is 41.5 Å². The zero-order chi connectivity index (χ0) is 14.6. The highest BCUT2D eigenvalue weighted by atomic mass is 32.1. The van der Waals surface area contributed by atoms with Crippen LogP contribution in [0.5, 0.6) is 0 Å². The van der Waals surface area contributed by atoms with Gasteiger partial charge in [-0.3, -0.25) is 10.5 Å². The second-order valence-electron chi connectivity index (χ2n) is 3.76. The number of halogens is 3. The summed E-state index contributed by atoms with van der Waals surface area (Å²) in [6.07, 6.45) is -3.33. The van der Waals surface area contributed by atoms with Crippen LogP contribution in [0.4, 0.5) is 19.0 Å². The Hall–Kier alpha value is -2.22. The molecular formula is C12H9F3N4S. The van der Waals surface area contributed by atoms with Gasteiger partial charge in [-0.15, -0.1) is 0 Å². The summed E-state index contributed by atoms with van der Waals surface area (Å²) in [5.74, 6) is 0.347. The van der Waals surface area contributed by atoms with E-state index >= 15 is 0 Å². The maximum atomic E-state index is 12.7. The van der Waals surface area contributed by atoms with Crippen LogP contribution in [0.2, 0.25) is 0 Å². The average Bonchev–Trinajstić information content (AvgIpc) is 2.40. The average molecular weight is 298 g/mol. The molecule has 0 radical (unpaired) electrons. The molecule has 2 N–H and O–H groups in total. The third-order valence-electron chi connectivity index (χ3n) is 2.33. The molecule has 0 aliphatic rings. The van der Waals surface area contributed by atoms with Gasteiger partial charge in [-0.1, -0.05) is 30.4 Å². The number of hydrazone groups is 1. The highest BCUT2D eigenvalue weighted by molar-refractivity contribution is 7.71. The normalized spacial score (nSPS) is 11.8. The van der Waals surface area contributed by atoms with E-state index in [4.69, 9.17) is 12.2 Å².